The average Bonchev–Trinajstić information content (AvgIpc) is 3.18. The number of hydrogen-bond acceptors (Lipinski definition) is 3. The lowest BCUT2D eigenvalue weighted by Gasteiger charge is -2.25. The lowest BCUT2D eigenvalue weighted by Crippen LogP contribution is -2.39. The van der Waals surface area contributed by atoms with Crippen LogP contribution in [0.25, 0.3) is 10.9 Å². The smallest absolute Gasteiger partial charge is 0.222 e. The number of carbonyl (C=O) groups is 1. The highest BCUT2D eigenvalue weighted by Gasteiger charge is 2.30. The number of H-pyrrole nitrogens is 1. The van der Waals surface area contributed by atoms with Gasteiger partial charge in [-0.1, -0.05) is 6.07 Å². The molecule has 0 unspecified atom stereocenters. The Bertz CT molecular complexity index is 697. The van der Waals surface area contributed by atoms with Gasteiger partial charge >= 0.3 is 0 Å². The molecule has 1 aromatic heterocycles. The number of nitrogens with zero attached hydrogens (tertiary/aromatic N) is 2. The van der Waals surface area contributed by atoms with Crippen LogP contribution in [0, 0.1) is 0 Å². The molecule has 0 spiro atoms. The van der Waals surface area contributed by atoms with E-state index in [1.165, 1.54) is 10.9 Å². The number of aromatic nitrogens is 1. The highest BCUT2D eigenvalue weighted by atomic mass is 16.5. The molecule has 1 saturated heterocycles. The maximum Gasteiger partial charge on any atom is 0.222 e. The number of hydrogen-bond donors (Lipinski definition) is 1. The van der Waals surface area contributed by atoms with Crippen LogP contribution in [0.4, 0.5) is 0 Å². The summed E-state index contributed by atoms with van der Waals surface area (Å²) in [7, 11) is 5.77. The number of aromatic amines is 1. The van der Waals surface area contributed by atoms with Crippen LogP contribution in [-0.4, -0.2) is 67.1 Å². The Morgan fingerprint density at radius 3 is 3.00 bits per heavy atom. The molecule has 1 aliphatic heterocycles. The van der Waals surface area contributed by atoms with Crippen molar-refractivity contribution in [3.63, 3.8) is 0 Å². The lowest BCUT2D eigenvalue weighted by atomic mass is 10.1. The van der Waals surface area contributed by atoms with Crippen LogP contribution < -0.4 is 0 Å². The van der Waals surface area contributed by atoms with E-state index in [1.54, 1.807) is 7.11 Å². The van der Waals surface area contributed by atoms with E-state index < -0.39 is 0 Å². The Hall–Kier alpha value is -1.85. The molecule has 2 heterocycles. The Balaban J connectivity index is 1.50. The topological polar surface area (TPSA) is 48.6 Å². The molecule has 1 aromatic carbocycles. The maximum absolute atomic E-state index is 12.4. The molecule has 1 N–H and O–H groups in total. The number of likely N-dealkylation sites (tertiary alicyclic amines) is 1. The van der Waals surface area contributed by atoms with Crippen molar-refractivity contribution in [2.24, 2.45) is 0 Å². The number of rotatable bonds is 6. The van der Waals surface area contributed by atoms with Crippen LogP contribution in [0.15, 0.2) is 30.5 Å². The van der Waals surface area contributed by atoms with E-state index in [-0.39, 0.29) is 12.0 Å². The van der Waals surface area contributed by atoms with Crippen LogP contribution in [0.1, 0.15) is 18.4 Å². The van der Waals surface area contributed by atoms with Gasteiger partial charge in [0.1, 0.15) is 0 Å². The average molecular weight is 329 g/mol. The molecule has 2 atom stereocenters. The summed E-state index contributed by atoms with van der Waals surface area (Å²) in [6.07, 6.45) is 4.56. The van der Waals surface area contributed by atoms with Crippen LogP contribution >= 0.6 is 0 Å². The normalized spacial score (nSPS) is 21.5. The largest absolute Gasteiger partial charge is 0.380 e. The van der Waals surface area contributed by atoms with E-state index in [0.717, 1.165) is 31.4 Å². The lowest BCUT2D eigenvalue weighted by molar-refractivity contribution is -0.130. The Kier molecular flexibility index (Phi) is 5.21. The Morgan fingerprint density at radius 1 is 1.42 bits per heavy atom. The third-order valence-corrected chi connectivity index (χ3v) is 5.14. The van der Waals surface area contributed by atoms with Gasteiger partial charge in [0.05, 0.1) is 6.10 Å². The van der Waals surface area contributed by atoms with Gasteiger partial charge in [0, 0.05) is 51.4 Å². The van der Waals surface area contributed by atoms with E-state index in [0.29, 0.717) is 12.5 Å². The zero-order valence-electron chi connectivity index (χ0n) is 14.8. The zero-order chi connectivity index (χ0) is 17.1. The molecule has 24 heavy (non-hydrogen) atoms. The molecule has 3 rings (SSSR count). The predicted molar refractivity (Wildman–Crippen MR) is 96.1 cm³/mol. The second-order valence-electron chi connectivity index (χ2n) is 6.86. The van der Waals surface area contributed by atoms with Gasteiger partial charge in [-0.3, -0.25) is 9.69 Å². The van der Waals surface area contributed by atoms with Crippen LogP contribution in [0.5, 0.6) is 0 Å². The second-order valence-corrected chi connectivity index (χ2v) is 6.86. The first-order valence-electron chi connectivity index (χ1n) is 8.60. The van der Waals surface area contributed by atoms with Gasteiger partial charge in [-0.05, 0) is 49.0 Å². The molecule has 0 radical (unpaired) electrons. The molecule has 2 aromatic rings. The summed E-state index contributed by atoms with van der Waals surface area (Å²) >= 11 is 0. The van der Waals surface area contributed by atoms with Gasteiger partial charge in [-0.2, -0.15) is 0 Å². The van der Waals surface area contributed by atoms with Crippen molar-refractivity contribution in [1.82, 2.24) is 14.8 Å². The van der Waals surface area contributed by atoms with E-state index in [9.17, 15) is 4.79 Å². The molecule has 5 nitrogen and oxygen atoms in total. The minimum atomic E-state index is 0.207. The van der Waals surface area contributed by atoms with Gasteiger partial charge in [0.2, 0.25) is 5.91 Å². The van der Waals surface area contributed by atoms with Gasteiger partial charge in [0.25, 0.3) is 0 Å². The molecule has 130 valence electrons. The minimum Gasteiger partial charge on any atom is -0.380 e. The van der Waals surface area contributed by atoms with Crippen LogP contribution in [0.2, 0.25) is 0 Å². The van der Waals surface area contributed by atoms with Crippen LogP contribution in [0.3, 0.4) is 0 Å². The highest BCUT2D eigenvalue weighted by molar-refractivity contribution is 5.80. The van der Waals surface area contributed by atoms with E-state index in [1.807, 2.05) is 18.1 Å². The highest BCUT2D eigenvalue weighted by Crippen LogP contribution is 2.19. The van der Waals surface area contributed by atoms with Gasteiger partial charge in [-0.25, -0.2) is 0 Å². The summed E-state index contributed by atoms with van der Waals surface area (Å²) in [5, 5.41) is 1.20. The van der Waals surface area contributed by atoms with Crippen molar-refractivity contribution in [3.05, 3.63) is 36.0 Å². The maximum atomic E-state index is 12.4. The van der Waals surface area contributed by atoms with E-state index in [2.05, 4.69) is 41.2 Å². The molecule has 1 aliphatic rings. The number of methoxy groups -OCH3 is 1. The minimum absolute atomic E-state index is 0.207. The number of ether oxygens (including phenoxy) is 1. The summed E-state index contributed by atoms with van der Waals surface area (Å²) in [6, 6.07) is 8.79. The van der Waals surface area contributed by atoms with Gasteiger partial charge in [0.15, 0.2) is 0 Å². The number of amides is 1. The van der Waals surface area contributed by atoms with Crippen molar-refractivity contribution < 1.29 is 9.53 Å². The standard InChI is InChI=1S/C19H27N3O2/c1-21-13-17(24-3)11-16(21)12-22(2)19(23)7-5-14-4-6-18-15(10-14)8-9-20-18/h4,6,8-10,16-17,20H,5,7,11-13H2,1-3H3/t16-,17-/m0/s1. The third kappa shape index (κ3) is 3.79. The van der Waals surface area contributed by atoms with Crippen molar-refractivity contribution >= 4 is 16.8 Å². The predicted octanol–water partition coefficient (Wildman–Crippen LogP) is 2.28. The first-order valence-corrected chi connectivity index (χ1v) is 8.60. The van der Waals surface area contributed by atoms with E-state index in [4.69, 9.17) is 4.74 Å². The van der Waals surface area contributed by atoms with Crippen molar-refractivity contribution in [2.45, 2.75) is 31.4 Å². The van der Waals surface area contributed by atoms with Gasteiger partial charge in [-0.15, -0.1) is 0 Å². The first-order chi connectivity index (χ1) is 11.6. The summed E-state index contributed by atoms with van der Waals surface area (Å²) in [5.41, 5.74) is 2.35. The van der Waals surface area contributed by atoms with Crippen molar-refractivity contribution in [1.29, 1.82) is 0 Å². The zero-order valence-corrected chi connectivity index (χ0v) is 14.8. The number of nitrogens with one attached hydrogen (secondary N) is 1. The third-order valence-electron chi connectivity index (χ3n) is 5.14. The van der Waals surface area contributed by atoms with Crippen LogP contribution in [-0.2, 0) is 16.0 Å². The molecule has 1 amide bonds. The molecule has 0 aliphatic carbocycles. The number of likely N-dealkylation sites (N-methyl/N-ethyl adjacent to an activating group) is 2. The number of aryl methyl sites for hydroxylation is 1. The number of benzene rings is 1. The second kappa shape index (κ2) is 7.36. The SMILES string of the molecule is CO[C@H]1C[C@@H](CN(C)C(=O)CCc2ccc3[nH]ccc3c2)N(C)C1. The first kappa shape index (κ1) is 17.0. The monoisotopic (exact) mass is 329 g/mol. The van der Waals surface area contributed by atoms with E-state index >= 15 is 0 Å². The molecule has 0 bridgehead atoms. The molecule has 5 heteroatoms. The quantitative estimate of drug-likeness (QED) is 0.884. The molecule has 0 saturated carbocycles. The fraction of sp³-hybridized carbons (Fsp3) is 0.526. The van der Waals surface area contributed by atoms with Crippen molar-refractivity contribution in [3.8, 4) is 0 Å². The number of carbonyl (C=O) groups excluding carboxylic acids is 1. The Morgan fingerprint density at radius 2 is 2.25 bits per heavy atom. The van der Waals surface area contributed by atoms with Crippen molar-refractivity contribution in [2.75, 3.05) is 34.3 Å². The summed E-state index contributed by atoms with van der Waals surface area (Å²) in [5.74, 6) is 0.207. The fourth-order valence-electron chi connectivity index (χ4n) is 3.53. The summed E-state index contributed by atoms with van der Waals surface area (Å²) in [6.45, 7) is 1.71. The molecular formula is C19H27N3O2. The van der Waals surface area contributed by atoms with Gasteiger partial charge < -0.3 is 14.6 Å². The Labute approximate surface area is 143 Å². The summed E-state index contributed by atoms with van der Waals surface area (Å²) in [4.78, 5) is 19.8. The number of fused-ring (bicyclic) bond motifs is 1. The fourth-order valence-corrected chi connectivity index (χ4v) is 3.53. The molecule has 1 fully saturated rings. The summed E-state index contributed by atoms with van der Waals surface area (Å²) < 4.78 is 5.44. The molecular weight excluding hydrogens is 302 g/mol.